The molecule has 0 saturated heterocycles. The molecular weight excluding hydrogens is 895 g/mol. The van der Waals surface area contributed by atoms with E-state index in [2.05, 4.69) is 37.2 Å². The summed E-state index contributed by atoms with van der Waals surface area (Å²) in [6, 6.07) is 15.2. The van der Waals surface area contributed by atoms with Crippen molar-refractivity contribution < 1.29 is 43.2 Å². The van der Waals surface area contributed by atoms with Crippen LogP contribution >= 0.6 is 11.3 Å². The van der Waals surface area contributed by atoms with Gasteiger partial charge < -0.3 is 44.3 Å². The first-order valence-electron chi connectivity index (χ1n) is 24.9. The van der Waals surface area contributed by atoms with Gasteiger partial charge in [0.1, 0.15) is 24.6 Å². The first-order valence-corrected chi connectivity index (χ1v) is 25.7. The number of thiazole rings is 1. The van der Waals surface area contributed by atoms with E-state index >= 15 is 0 Å². The van der Waals surface area contributed by atoms with Crippen LogP contribution in [0.25, 0.3) is 15.8 Å². The SMILES string of the molecule is Cc1nc2ccc(NC(=O)CCOCCOCCOCCOCCNC(=O)c3ccc(C(=O)O)c(C4=c5cc6c7c(c5Oc5c4cc4c8c5CCCN8CCCC4)CCC[N+]=7CCCC6)c3)cc2s1. The molecule has 2 amide bonds. The summed E-state index contributed by atoms with van der Waals surface area (Å²) in [5.41, 5.74) is 10.9. The number of fused-ring (bicyclic) bond motifs is 5. The highest BCUT2D eigenvalue weighted by Gasteiger charge is 2.36. The molecule has 10 rings (SSSR count). The molecule has 0 saturated carbocycles. The van der Waals surface area contributed by atoms with Gasteiger partial charge in [0, 0.05) is 76.9 Å². The van der Waals surface area contributed by atoms with Gasteiger partial charge in [-0.15, -0.1) is 11.3 Å². The van der Waals surface area contributed by atoms with Gasteiger partial charge in [-0.05, 0) is 118 Å². The Labute approximate surface area is 406 Å². The first-order chi connectivity index (χ1) is 33.8. The number of carbonyl (C=O) groups excluding carboxylic acids is 2. The van der Waals surface area contributed by atoms with Crippen molar-refractivity contribution in [3.63, 3.8) is 0 Å². The zero-order valence-corrected chi connectivity index (χ0v) is 40.4. The molecule has 0 bridgehead atoms. The van der Waals surface area contributed by atoms with Crippen LogP contribution < -0.4 is 35.4 Å². The second-order valence-corrected chi connectivity index (χ2v) is 19.8. The second-order valence-electron chi connectivity index (χ2n) is 18.5. The smallest absolute Gasteiger partial charge is 0.336 e. The number of benzene rings is 4. The minimum Gasteiger partial charge on any atom is -0.478 e. The Morgan fingerprint density at radius 1 is 0.754 bits per heavy atom. The fourth-order valence-electron chi connectivity index (χ4n) is 10.8. The summed E-state index contributed by atoms with van der Waals surface area (Å²) in [6.45, 7) is 9.23. The van der Waals surface area contributed by atoms with Gasteiger partial charge in [0.25, 0.3) is 5.91 Å². The van der Waals surface area contributed by atoms with Crippen LogP contribution in [0.15, 0.2) is 48.5 Å². The Morgan fingerprint density at radius 3 is 2.32 bits per heavy atom. The highest BCUT2D eigenvalue weighted by atomic mass is 32.1. The molecule has 69 heavy (non-hydrogen) atoms. The molecule has 15 heteroatoms. The van der Waals surface area contributed by atoms with Crippen molar-refractivity contribution in [3.8, 4) is 11.5 Å². The number of carboxylic acids is 1. The van der Waals surface area contributed by atoms with Crippen LogP contribution in [0.5, 0.6) is 11.5 Å². The van der Waals surface area contributed by atoms with Crippen LogP contribution in [0.1, 0.15) is 104 Å². The normalized spacial score (nSPS) is 15.9. The van der Waals surface area contributed by atoms with E-state index in [4.69, 9.17) is 23.7 Å². The highest BCUT2D eigenvalue weighted by molar-refractivity contribution is 7.18. The van der Waals surface area contributed by atoms with E-state index in [1.165, 1.54) is 33.3 Å². The van der Waals surface area contributed by atoms with E-state index in [0.29, 0.717) is 57.4 Å². The lowest BCUT2D eigenvalue weighted by atomic mass is 9.82. The van der Waals surface area contributed by atoms with Gasteiger partial charge in [-0.25, -0.2) is 14.4 Å². The third-order valence-electron chi connectivity index (χ3n) is 13.9. The van der Waals surface area contributed by atoms with Gasteiger partial charge >= 0.3 is 5.97 Å². The van der Waals surface area contributed by atoms with Crippen LogP contribution in [0, 0.1) is 6.92 Å². The van der Waals surface area contributed by atoms with Gasteiger partial charge in [0.05, 0.1) is 85.6 Å². The minimum absolute atomic E-state index is 0.111. The molecule has 0 fully saturated rings. The van der Waals surface area contributed by atoms with Crippen molar-refractivity contribution in [1.29, 1.82) is 0 Å². The topological polar surface area (TPSA) is 161 Å². The first kappa shape index (κ1) is 47.0. The fraction of sp³-hybridized carbons (Fsp3) is 0.463. The minimum atomic E-state index is -1.04. The molecule has 0 aliphatic carbocycles. The van der Waals surface area contributed by atoms with Crippen molar-refractivity contribution >= 4 is 56.3 Å². The molecule has 362 valence electrons. The molecule has 5 aliphatic rings. The van der Waals surface area contributed by atoms with Gasteiger partial charge in [-0.2, -0.15) is 0 Å². The number of ether oxygens (including phenoxy) is 5. The number of rotatable bonds is 19. The molecule has 0 radical (unpaired) electrons. The Balaban J connectivity index is 0.742. The lowest BCUT2D eigenvalue weighted by Crippen LogP contribution is -2.41. The predicted octanol–water partition coefficient (Wildman–Crippen LogP) is 6.34. The maximum atomic E-state index is 13.8. The van der Waals surface area contributed by atoms with E-state index in [-0.39, 0.29) is 37.0 Å². The summed E-state index contributed by atoms with van der Waals surface area (Å²) in [4.78, 5) is 46.3. The second kappa shape index (κ2) is 21.5. The van der Waals surface area contributed by atoms with Crippen LogP contribution in [-0.4, -0.2) is 113 Å². The largest absolute Gasteiger partial charge is 0.478 e. The number of carboxylic acid groups (broad SMARTS) is 1. The number of nitrogens with one attached hydrogen (secondary N) is 2. The number of amides is 2. The number of aryl methyl sites for hydroxylation is 3. The zero-order valence-electron chi connectivity index (χ0n) is 39.6. The number of aromatic nitrogens is 1. The molecule has 5 aromatic rings. The summed E-state index contributed by atoms with van der Waals surface area (Å²) in [5.74, 6) is 0.251. The molecule has 1 aromatic heterocycles. The van der Waals surface area contributed by atoms with Crippen LogP contribution in [-0.2, 0) is 49.4 Å². The number of carbonyl (C=O) groups is 3. The lowest BCUT2D eigenvalue weighted by molar-refractivity contribution is -0.117. The van der Waals surface area contributed by atoms with Crippen molar-refractivity contribution in [1.82, 2.24) is 14.9 Å². The molecule has 4 aromatic carbocycles. The third-order valence-corrected chi connectivity index (χ3v) is 14.8. The van der Waals surface area contributed by atoms with Crippen molar-refractivity contribution in [2.75, 3.05) is 95.8 Å². The number of aromatic carboxylic acids is 1. The van der Waals surface area contributed by atoms with Crippen LogP contribution in [0.3, 0.4) is 0 Å². The average Bonchev–Trinajstić information content (AvgIpc) is 3.45. The van der Waals surface area contributed by atoms with Gasteiger partial charge in [-0.3, -0.25) is 9.59 Å². The number of hydrogen-bond acceptors (Lipinski definition) is 11. The van der Waals surface area contributed by atoms with Gasteiger partial charge in [-0.1, -0.05) is 0 Å². The van der Waals surface area contributed by atoms with Gasteiger partial charge in [0.15, 0.2) is 0 Å². The van der Waals surface area contributed by atoms with E-state index in [9.17, 15) is 19.5 Å². The molecule has 0 unspecified atom stereocenters. The monoisotopic (exact) mass is 956 g/mol. The predicted molar refractivity (Wildman–Crippen MR) is 266 cm³/mol. The summed E-state index contributed by atoms with van der Waals surface area (Å²) in [6.07, 6.45) is 10.5. The molecule has 0 spiro atoms. The van der Waals surface area contributed by atoms with E-state index in [1.807, 2.05) is 25.1 Å². The quantitative estimate of drug-likeness (QED) is 0.0614. The molecule has 14 nitrogen and oxygen atoms in total. The van der Waals surface area contributed by atoms with Crippen LogP contribution in [0.4, 0.5) is 11.4 Å². The Morgan fingerprint density at radius 2 is 1.49 bits per heavy atom. The zero-order chi connectivity index (χ0) is 47.3. The molecule has 5 aliphatic heterocycles. The summed E-state index contributed by atoms with van der Waals surface area (Å²) in [7, 11) is 0. The van der Waals surface area contributed by atoms with E-state index in [0.717, 1.165) is 139 Å². The maximum Gasteiger partial charge on any atom is 0.336 e. The van der Waals surface area contributed by atoms with E-state index in [1.54, 1.807) is 29.5 Å². The average molecular weight is 957 g/mol. The number of nitrogens with zero attached hydrogens (tertiary/aromatic N) is 3. The Bertz CT molecular complexity index is 2910. The summed E-state index contributed by atoms with van der Waals surface area (Å²) in [5, 5.41) is 19.9. The van der Waals surface area contributed by atoms with Crippen LogP contribution in [0.2, 0.25) is 0 Å². The molecular formula is C54H62N5O9S+. The number of hydrogen-bond donors (Lipinski definition) is 3. The van der Waals surface area contributed by atoms with Gasteiger partial charge in [0.2, 0.25) is 11.3 Å². The van der Waals surface area contributed by atoms with Crippen molar-refractivity contribution in [3.05, 3.63) is 109 Å². The fourth-order valence-corrected chi connectivity index (χ4v) is 11.7. The lowest BCUT2D eigenvalue weighted by Gasteiger charge is -2.35. The highest BCUT2D eigenvalue weighted by Crippen LogP contribution is 2.48. The van der Waals surface area contributed by atoms with E-state index < -0.39 is 5.97 Å². The number of anilines is 2. The molecule has 3 N–H and O–H groups in total. The maximum absolute atomic E-state index is 13.8. The third kappa shape index (κ3) is 10.3. The van der Waals surface area contributed by atoms with Crippen molar-refractivity contribution in [2.45, 2.75) is 77.6 Å². The molecule has 0 atom stereocenters. The summed E-state index contributed by atoms with van der Waals surface area (Å²) < 4.78 is 33.4. The standard InChI is InChI=1S/C54H61N5O9S/c1-34-56-45-15-13-38(33-46(45)69-34)57-47(60)16-22-64-24-26-66-28-29-67-27-25-65-23-17-55-53(61)37-12-14-39(54(62)63)42(32-37)48-43-30-35-8-2-4-18-58-20-6-10-40(49(35)58)51(43)68-52-41-11-7-21-59-19-5-3-9-36(50(41)59)31-44(48)52/h12-15,30-33H,2-11,16-29H2,1H3,(H2-,55,57,60,61,62,63)/p+1. The summed E-state index contributed by atoms with van der Waals surface area (Å²) >= 11 is 1.60. The van der Waals surface area contributed by atoms with Crippen molar-refractivity contribution in [2.24, 2.45) is 0 Å². The molecule has 6 heterocycles. The Kier molecular flexibility index (Phi) is 14.7. The Hall–Kier alpha value is -5.71.